The molecule has 1 amide bonds. The third-order valence-electron chi connectivity index (χ3n) is 10.9. The van der Waals surface area contributed by atoms with Crippen LogP contribution in [0.25, 0.3) is 22.2 Å². The predicted octanol–water partition coefficient (Wildman–Crippen LogP) is 6.13. The molecule has 1 aromatic carbocycles. The molecular weight excluding hydrogens is 674 g/mol. The van der Waals surface area contributed by atoms with Crippen molar-refractivity contribution in [1.82, 2.24) is 19.8 Å². The number of hydrogen-bond acceptors (Lipinski definition) is 9. The SMILES string of the molecule is CCn1c(-c2cc(N3CCN(C4CC4)CC3)cnc2[C@H](C)OC)c(CC(C)(C)CO)c2cc([C@@H]3C[C@H]3OC[C@H](NC(=O)OC(C)(C)C)C(=O)O)ccc21. The van der Waals surface area contributed by atoms with Gasteiger partial charge in [-0.1, -0.05) is 19.9 Å². The summed E-state index contributed by atoms with van der Waals surface area (Å²) in [5, 5.41) is 23.8. The maximum atomic E-state index is 12.3. The van der Waals surface area contributed by atoms with Gasteiger partial charge in [0.15, 0.2) is 6.04 Å². The quantitative estimate of drug-likeness (QED) is 0.167. The first-order valence-electron chi connectivity index (χ1n) is 19.2. The number of hydrogen-bond donors (Lipinski definition) is 3. The molecule has 0 bridgehead atoms. The number of carboxylic acid groups (broad SMARTS) is 1. The lowest BCUT2D eigenvalue weighted by Gasteiger charge is -2.36. The molecule has 3 aromatic rings. The first kappa shape index (κ1) is 39.0. The van der Waals surface area contributed by atoms with Crippen LogP contribution in [0.3, 0.4) is 0 Å². The monoisotopic (exact) mass is 733 g/mol. The van der Waals surface area contributed by atoms with Crippen LogP contribution in [0.5, 0.6) is 0 Å². The van der Waals surface area contributed by atoms with Gasteiger partial charge in [0.25, 0.3) is 0 Å². The van der Waals surface area contributed by atoms with E-state index in [4.69, 9.17) is 19.2 Å². The zero-order valence-corrected chi connectivity index (χ0v) is 32.8. The minimum absolute atomic E-state index is 0.0381. The third kappa shape index (κ3) is 8.99. The second-order valence-electron chi connectivity index (χ2n) is 16.9. The number of aliphatic hydroxyl groups excluding tert-OH is 1. The molecule has 3 aliphatic rings. The number of pyridine rings is 1. The van der Waals surface area contributed by atoms with Crippen LogP contribution in [-0.2, 0) is 32.0 Å². The number of amides is 1. The van der Waals surface area contributed by atoms with E-state index in [1.54, 1.807) is 27.9 Å². The van der Waals surface area contributed by atoms with Gasteiger partial charge >= 0.3 is 12.1 Å². The summed E-state index contributed by atoms with van der Waals surface area (Å²) in [5.41, 5.74) is 6.41. The van der Waals surface area contributed by atoms with Crippen LogP contribution in [0.15, 0.2) is 30.5 Å². The number of rotatable bonds is 15. The normalized spacial score (nSPS) is 20.7. The Hall–Kier alpha value is -3.71. The van der Waals surface area contributed by atoms with Gasteiger partial charge in [-0.3, -0.25) is 9.88 Å². The summed E-state index contributed by atoms with van der Waals surface area (Å²) in [5.74, 6) is -1.09. The van der Waals surface area contributed by atoms with Crippen LogP contribution in [0.4, 0.5) is 10.5 Å². The van der Waals surface area contributed by atoms with Crippen molar-refractivity contribution in [3.05, 3.63) is 47.3 Å². The van der Waals surface area contributed by atoms with Crippen LogP contribution in [-0.4, -0.2) is 107 Å². The van der Waals surface area contributed by atoms with E-state index in [9.17, 15) is 19.8 Å². The highest BCUT2D eigenvalue weighted by Crippen LogP contribution is 2.47. The zero-order valence-electron chi connectivity index (χ0n) is 32.8. The lowest BCUT2D eigenvalue weighted by molar-refractivity contribution is -0.141. The fourth-order valence-corrected chi connectivity index (χ4v) is 7.62. The number of carboxylic acids is 1. The molecule has 53 heavy (non-hydrogen) atoms. The van der Waals surface area contributed by atoms with Gasteiger partial charge in [-0.15, -0.1) is 0 Å². The number of carbonyl (C=O) groups is 2. The van der Waals surface area contributed by atoms with Gasteiger partial charge in [-0.05, 0) is 95.0 Å². The number of alkyl carbamates (subject to hydrolysis) is 1. The Morgan fingerprint density at radius 1 is 1.08 bits per heavy atom. The second kappa shape index (κ2) is 15.6. The number of fused-ring (bicyclic) bond motifs is 1. The Bertz CT molecular complexity index is 1790. The molecule has 4 atom stereocenters. The molecule has 0 radical (unpaired) electrons. The number of ether oxygens (including phenoxy) is 3. The number of anilines is 1. The molecule has 2 saturated carbocycles. The molecule has 3 heterocycles. The second-order valence-corrected chi connectivity index (χ2v) is 16.9. The summed E-state index contributed by atoms with van der Waals surface area (Å²) < 4.78 is 19.6. The minimum atomic E-state index is -1.22. The summed E-state index contributed by atoms with van der Waals surface area (Å²) in [6, 6.07) is 8.42. The third-order valence-corrected chi connectivity index (χ3v) is 10.9. The van der Waals surface area contributed by atoms with Crippen molar-refractivity contribution in [2.45, 2.75) is 117 Å². The topological polar surface area (TPSA) is 139 Å². The Balaban J connectivity index is 1.33. The van der Waals surface area contributed by atoms with Crippen LogP contribution >= 0.6 is 0 Å². The Labute approximate surface area is 313 Å². The van der Waals surface area contributed by atoms with Crippen molar-refractivity contribution >= 4 is 28.7 Å². The van der Waals surface area contributed by atoms with E-state index in [-0.39, 0.29) is 36.8 Å². The van der Waals surface area contributed by atoms with E-state index >= 15 is 0 Å². The fourth-order valence-electron chi connectivity index (χ4n) is 7.62. The molecule has 12 nitrogen and oxygen atoms in total. The smallest absolute Gasteiger partial charge is 0.408 e. The van der Waals surface area contributed by atoms with E-state index < -0.39 is 23.7 Å². The van der Waals surface area contributed by atoms with Gasteiger partial charge in [0.1, 0.15) is 5.60 Å². The molecule has 12 heteroatoms. The number of aliphatic carboxylic acids is 1. The number of aryl methyl sites for hydroxylation is 1. The van der Waals surface area contributed by atoms with Crippen LogP contribution in [0.2, 0.25) is 0 Å². The molecule has 2 aliphatic carbocycles. The average molecular weight is 734 g/mol. The number of aromatic nitrogens is 2. The molecule has 6 rings (SSSR count). The van der Waals surface area contributed by atoms with Gasteiger partial charge in [0.2, 0.25) is 0 Å². The lowest BCUT2D eigenvalue weighted by Crippen LogP contribution is -2.47. The number of nitrogens with zero attached hydrogens (tertiary/aromatic N) is 4. The van der Waals surface area contributed by atoms with Crippen molar-refractivity contribution in [3.63, 3.8) is 0 Å². The van der Waals surface area contributed by atoms with Crippen molar-refractivity contribution in [3.8, 4) is 11.3 Å². The molecule has 3 N–H and O–H groups in total. The first-order chi connectivity index (χ1) is 25.1. The fraction of sp³-hybridized carbons (Fsp3) is 0.634. The number of piperazine rings is 1. The van der Waals surface area contributed by atoms with Crippen LogP contribution < -0.4 is 10.2 Å². The van der Waals surface area contributed by atoms with Gasteiger partial charge < -0.3 is 39.2 Å². The van der Waals surface area contributed by atoms with Crippen LogP contribution in [0, 0.1) is 5.41 Å². The van der Waals surface area contributed by atoms with Crippen molar-refractivity contribution in [1.29, 1.82) is 0 Å². The van der Waals surface area contributed by atoms with E-state index in [2.05, 4.69) is 64.7 Å². The van der Waals surface area contributed by atoms with Crippen molar-refractivity contribution < 1.29 is 34.0 Å². The molecule has 1 saturated heterocycles. The molecule has 0 spiro atoms. The van der Waals surface area contributed by atoms with E-state index in [0.29, 0.717) is 6.42 Å². The standard InChI is InChI=1S/C41H59N5O7/c1-9-46-34-13-10-26(29-20-35(29)52-23-33(38(48)49)43-39(50)53-40(3,4)5)18-30(34)32(21-41(6,7)24-47)37(46)31-19-28(22-42-36(31)25(2)51-8)45-16-14-44(15-17-45)27-11-12-27/h10,13,18-19,22,25,27,29,33,35,47H,9,11-12,14-17,20-21,23-24H2,1-8H3,(H,43,50)(H,48,49)/t25-,29-,33-,35+/m0/s1. The number of carbonyl (C=O) groups excluding carboxylic acids is 1. The molecule has 3 fully saturated rings. The molecule has 2 aromatic heterocycles. The summed E-state index contributed by atoms with van der Waals surface area (Å²) in [4.78, 5) is 34.4. The van der Waals surface area contributed by atoms with Gasteiger partial charge in [-0.2, -0.15) is 0 Å². The zero-order chi connectivity index (χ0) is 38.2. The summed E-state index contributed by atoms with van der Waals surface area (Å²) in [7, 11) is 1.72. The Morgan fingerprint density at radius 3 is 2.40 bits per heavy atom. The van der Waals surface area contributed by atoms with Gasteiger partial charge in [-0.25, -0.2) is 9.59 Å². The number of nitrogens with one attached hydrogen (secondary N) is 1. The highest BCUT2D eigenvalue weighted by atomic mass is 16.6. The van der Waals surface area contributed by atoms with E-state index in [1.807, 2.05) is 13.1 Å². The largest absolute Gasteiger partial charge is 0.480 e. The van der Waals surface area contributed by atoms with E-state index in [1.165, 1.54) is 12.8 Å². The maximum Gasteiger partial charge on any atom is 0.408 e. The minimum Gasteiger partial charge on any atom is -0.480 e. The highest BCUT2D eigenvalue weighted by molar-refractivity contribution is 5.93. The first-order valence-corrected chi connectivity index (χ1v) is 19.2. The Kier molecular flexibility index (Phi) is 11.5. The van der Waals surface area contributed by atoms with Crippen molar-refractivity contribution in [2.75, 3.05) is 51.4 Å². The summed E-state index contributed by atoms with van der Waals surface area (Å²) in [6.45, 7) is 18.3. The van der Waals surface area contributed by atoms with E-state index in [0.717, 1.165) is 89.9 Å². The highest BCUT2D eigenvalue weighted by Gasteiger charge is 2.41. The lowest BCUT2D eigenvalue weighted by atomic mass is 9.84. The number of benzene rings is 1. The summed E-state index contributed by atoms with van der Waals surface area (Å²) >= 11 is 0. The number of methoxy groups -OCH3 is 1. The number of aliphatic hydroxyl groups is 1. The molecule has 290 valence electrons. The van der Waals surface area contributed by atoms with Crippen molar-refractivity contribution in [2.24, 2.45) is 5.41 Å². The predicted molar refractivity (Wildman–Crippen MR) is 206 cm³/mol. The average Bonchev–Trinajstić information content (AvgIpc) is 4.06. The van der Waals surface area contributed by atoms with Gasteiger partial charge in [0, 0.05) is 74.9 Å². The molecule has 1 aliphatic heterocycles. The maximum absolute atomic E-state index is 12.3. The Morgan fingerprint density at radius 2 is 1.79 bits per heavy atom. The van der Waals surface area contributed by atoms with Gasteiger partial charge in [0.05, 0.1) is 42.1 Å². The summed E-state index contributed by atoms with van der Waals surface area (Å²) in [6.07, 6.45) is 4.84. The van der Waals surface area contributed by atoms with Crippen LogP contribution in [0.1, 0.15) is 96.6 Å². The molecular formula is C41H59N5O7. The molecule has 0 unspecified atom stereocenters.